The van der Waals surface area contributed by atoms with E-state index in [1.165, 1.54) is 30.3 Å². The van der Waals surface area contributed by atoms with E-state index in [-0.39, 0.29) is 38.5 Å². The monoisotopic (exact) mass is 583 g/mol. The Kier molecular flexibility index (Phi) is 8.62. The fraction of sp³-hybridized carbons (Fsp3) is 0.261. The quantitative estimate of drug-likeness (QED) is 0.237. The highest BCUT2D eigenvalue weighted by Crippen LogP contribution is 2.40. The number of nitrogens with zero attached hydrogens (tertiary/aromatic N) is 1. The summed E-state index contributed by atoms with van der Waals surface area (Å²) in [5.74, 6) is -1.27. The van der Waals surface area contributed by atoms with Crippen molar-refractivity contribution in [2.45, 2.75) is 31.8 Å². The van der Waals surface area contributed by atoms with Crippen molar-refractivity contribution >= 4 is 61.0 Å². The fourth-order valence-corrected chi connectivity index (χ4v) is 5.44. The highest BCUT2D eigenvalue weighted by atomic mass is 79.9. The van der Waals surface area contributed by atoms with Crippen molar-refractivity contribution in [3.05, 3.63) is 57.4 Å². The summed E-state index contributed by atoms with van der Waals surface area (Å²) in [6.07, 6.45) is 1.07. The van der Waals surface area contributed by atoms with Gasteiger partial charge in [-0.05, 0) is 84.4 Å². The van der Waals surface area contributed by atoms with Gasteiger partial charge >= 0.3 is 16.1 Å². The number of carbonyl (C=O) groups excluding carboxylic acids is 3. The molecule has 0 spiro atoms. The van der Waals surface area contributed by atoms with Gasteiger partial charge in [0.05, 0.1) is 22.1 Å². The van der Waals surface area contributed by atoms with Gasteiger partial charge in [-0.15, -0.1) is 0 Å². The van der Waals surface area contributed by atoms with E-state index in [0.717, 1.165) is 4.90 Å². The highest BCUT2D eigenvalue weighted by Gasteiger charge is 2.37. The molecule has 0 radical (unpaired) electrons. The van der Waals surface area contributed by atoms with Crippen LogP contribution in [-0.2, 0) is 24.4 Å². The summed E-state index contributed by atoms with van der Waals surface area (Å²) in [5, 5.41) is -0.597. The second-order valence-corrected chi connectivity index (χ2v) is 10.8. The minimum absolute atomic E-state index is 0.0249. The summed E-state index contributed by atoms with van der Waals surface area (Å²) in [4.78, 5) is 37.8. The molecule has 0 aromatic heterocycles. The smallest absolute Gasteiger partial charge is 0.339 e. The number of ether oxygens (including phenoxy) is 2. The summed E-state index contributed by atoms with van der Waals surface area (Å²) < 4.78 is 41.6. The fourth-order valence-electron chi connectivity index (χ4n) is 2.98. The molecule has 1 fully saturated rings. The lowest BCUT2D eigenvalue weighted by molar-refractivity contribution is -0.149. The van der Waals surface area contributed by atoms with E-state index in [0.29, 0.717) is 17.3 Å². The Labute approximate surface area is 215 Å². The van der Waals surface area contributed by atoms with Crippen molar-refractivity contribution in [2.75, 3.05) is 13.2 Å². The van der Waals surface area contributed by atoms with Crippen LogP contribution >= 0.6 is 27.7 Å². The topological polar surface area (TPSA) is 116 Å². The molecular formula is C23H22BrNO8S2. The van der Waals surface area contributed by atoms with Gasteiger partial charge in [0.25, 0.3) is 11.1 Å². The molecular weight excluding hydrogens is 562 g/mol. The Hall–Kier alpha value is -2.83. The lowest BCUT2D eigenvalue weighted by Gasteiger charge is -2.15. The molecule has 0 atom stereocenters. The average Bonchev–Trinajstić information content (AvgIpc) is 3.03. The largest absolute Gasteiger partial charge is 0.490 e. The number of imide groups is 1. The third-order valence-corrected chi connectivity index (χ3v) is 7.11. The number of rotatable bonds is 9. The first kappa shape index (κ1) is 26.8. The predicted octanol–water partition coefficient (Wildman–Crippen LogP) is 4.60. The summed E-state index contributed by atoms with van der Waals surface area (Å²) in [6.45, 7) is 4.78. The molecule has 12 heteroatoms. The second kappa shape index (κ2) is 11.3. The minimum Gasteiger partial charge on any atom is -0.490 e. The number of halogens is 1. The molecule has 35 heavy (non-hydrogen) atoms. The molecule has 0 N–H and O–H groups in total. The molecule has 2 amide bonds. The number of carbonyl (C=O) groups is 3. The third kappa shape index (κ3) is 6.65. The van der Waals surface area contributed by atoms with Gasteiger partial charge < -0.3 is 13.7 Å². The van der Waals surface area contributed by atoms with Crippen molar-refractivity contribution in [2.24, 2.45) is 0 Å². The number of hydrogen-bond donors (Lipinski definition) is 0. The molecule has 1 saturated heterocycles. The normalized spacial score (nSPS) is 15.1. The van der Waals surface area contributed by atoms with E-state index in [1.807, 2.05) is 0 Å². The molecule has 1 aliphatic heterocycles. The standard InChI is InChI=1S/C23H22BrNO8S2/c1-4-31-18-11-15(10-17(24)21(18)33-35(29,30)16-8-6-5-7-9-16)12-19-22(27)25(23(28)34-19)13-20(26)32-14(2)3/h5-12,14H,4,13H2,1-3H3/b19-12-. The maximum absolute atomic E-state index is 12.7. The van der Waals surface area contributed by atoms with Crippen LogP contribution in [-0.4, -0.2) is 49.7 Å². The third-order valence-electron chi connectivity index (χ3n) is 4.38. The Morgan fingerprint density at radius 2 is 1.86 bits per heavy atom. The average molecular weight is 584 g/mol. The Balaban J connectivity index is 1.89. The van der Waals surface area contributed by atoms with Crippen LogP contribution < -0.4 is 8.92 Å². The SMILES string of the molecule is CCOc1cc(/C=C2\SC(=O)N(CC(=O)OC(C)C)C2=O)cc(Br)c1OS(=O)(=O)c1ccccc1. The van der Waals surface area contributed by atoms with Crippen LogP contribution in [0.2, 0.25) is 0 Å². The molecule has 3 rings (SSSR count). The molecule has 9 nitrogen and oxygen atoms in total. The zero-order valence-electron chi connectivity index (χ0n) is 19.0. The van der Waals surface area contributed by atoms with Crippen molar-refractivity contribution in [1.82, 2.24) is 4.90 Å². The Morgan fingerprint density at radius 1 is 1.17 bits per heavy atom. The molecule has 0 aliphatic carbocycles. The van der Waals surface area contributed by atoms with Crippen LogP contribution in [0.15, 0.2) is 56.7 Å². The lowest BCUT2D eigenvalue weighted by atomic mass is 10.2. The number of esters is 1. The van der Waals surface area contributed by atoms with Crippen molar-refractivity contribution in [3.63, 3.8) is 0 Å². The van der Waals surface area contributed by atoms with Crippen molar-refractivity contribution in [3.8, 4) is 11.5 Å². The molecule has 186 valence electrons. The van der Waals surface area contributed by atoms with E-state index in [1.54, 1.807) is 39.0 Å². The maximum atomic E-state index is 12.7. The summed E-state index contributed by atoms with van der Waals surface area (Å²) in [5.41, 5.74) is 0.444. The Bertz CT molecular complexity index is 1280. The molecule has 0 unspecified atom stereocenters. The first-order chi connectivity index (χ1) is 16.5. The van der Waals surface area contributed by atoms with Gasteiger partial charge in [0.2, 0.25) is 0 Å². The van der Waals surface area contributed by atoms with Crippen molar-refractivity contribution < 1.29 is 36.5 Å². The molecule has 2 aromatic rings. The minimum atomic E-state index is -4.13. The number of amides is 2. The van der Waals surface area contributed by atoms with E-state index in [2.05, 4.69) is 15.9 Å². The van der Waals surface area contributed by atoms with E-state index in [4.69, 9.17) is 13.7 Å². The van der Waals surface area contributed by atoms with Gasteiger partial charge in [-0.25, -0.2) is 0 Å². The van der Waals surface area contributed by atoms with Gasteiger partial charge in [-0.1, -0.05) is 18.2 Å². The van der Waals surface area contributed by atoms with Gasteiger partial charge in [-0.2, -0.15) is 8.42 Å². The summed E-state index contributed by atoms with van der Waals surface area (Å²) in [6, 6.07) is 10.7. The summed E-state index contributed by atoms with van der Waals surface area (Å²) >= 11 is 3.99. The maximum Gasteiger partial charge on any atom is 0.339 e. The lowest BCUT2D eigenvalue weighted by Crippen LogP contribution is -2.35. The Morgan fingerprint density at radius 3 is 2.49 bits per heavy atom. The number of hydrogen-bond acceptors (Lipinski definition) is 9. The summed E-state index contributed by atoms with van der Waals surface area (Å²) in [7, 11) is -4.13. The number of thioether (sulfide) groups is 1. The zero-order chi connectivity index (χ0) is 25.8. The van der Waals surface area contributed by atoms with Crippen LogP contribution in [0.1, 0.15) is 26.3 Å². The first-order valence-corrected chi connectivity index (χ1v) is 13.4. The molecule has 1 heterocycles. The van der Waals surface area contributed by atoms with E-state index >= 15 is 0 Å². The zero-order valence-corrected chi connectivity index (χ0v) is 22.2. The van der Waals surface area contributed by atoms with Crippen LogP contribution in [0, 0.1) is 0 Å². The van der Waals surface area contributed by atoms with E-state index < -0.39 is 33.8 Å². The van der Waals surface area contributed by atoms with Crippen LogP contribution in [0.4, 0.5) is 4.79 Å². The van der Waals surface area contributed by atoms with Crippen LogP contribution in [0.3, 0.4) is 0 Å². The van der Waals surface area contributed by atoms with E-state index in [9.17, 15) is 22.8 Å². The van der Waals surface area contributed by atoms with Gasteiger partial charge in [0.15, 0.2) is 11.5 Å². The second-order valence-electron chi connectivity index (χ2n) is 7.42. The molecule has 0 saturated carbocycles. The first-order valence-electron chi connectivity index (χ1n) is 10.4. The molecule has 1 aliphatic rings. The van der Waals surface area contributed by atoms with Crippen LogP contribution in [0.25, 0.3) is 6.08 Å². The molecule has 0 bridgehead atoms. The van der Waals surface area contributed by atoms with Gasteiger partial charge in [0, 0.05) is 0 Å². The number of benzene rings is 2. The molecule has 2 aromatic carbocycles. The van der Waals surface area contributed by atoms with Crippen molar-refractivity contribution in [1.29, 1.82) is 0 Å². The highest BCUT2D eigenvalue weighted by molar-refractivity contribution is 9.10. The van der Waals surface area contributed by atoms with Crippen LogP contribution in [0.5, 0.6) is 11.5 Å². The predicted molar refractivity (Wildman–Crippen MR) is 133 cm³/mol. The van der Waals surface area contributed by atoms with Gasteiger partial charge in [-0.3, -0.25) is 19.3 Å². The van der Waals surface area contributed by atoms with Gasteiger partial charge in [0.1, 0.15) is 11.4 Å².